The van der Waals surface area contributed by atoms with Gasteiger partial charge in [-0.25, -0.2) is 0 Å². The number of pyridine rings is 1. The van der Waals surface area contributed by atoms with Gasteiger partial charge in [0.2, 0.25) is 5.91 Å². The molecule has 4 atom stereocenters. The number of nitriles is 1. The van der Waals surface area contributed by atoms with E-state index in [9.17, 15) is 14.4 Å². The molecule has 0 bridgehead atoms. The van der Waals surface area contributed by atoms with Crippen molar-refractivity contribution in [2.45, 2.75) is 17.5 Å². The minimum absolute atomic E-state index is 0.236. The van der Waals surface area contributed by atoms with Crippen molar-refractivity contribution in [2.24, 2.45) is 5.92 Å². The lowest BCUT2D eigenvalue weighted by Crippen LogP contribution is -2.49. The molecule has 0 saturated carbocycles. The molecule has 1 amide bonds. The molecule has 7 rings (SSSR count). The highest BCUT2D eigenvalue weighted by molar-refractivity contribution is 6.17. The smallest absolute Gasteiger partial charge is 0.238 e. The van der Waals surface area contributed by atoms with Gasteiger partial charge in [0.15, 0.2) is 18.2 Å². The number of amides is 1. The van der Waals surface area contributed by atoms with Gasteiger partial charge < -0.3 is 15.0 Å². The van der Waals surface area contributed by atoms with Gasteiger partial charge in [-0.3, -0.25) is 19.4 Å². The summed E-state index contributed by atoms with van der Waals surface area (Å²) in [6.07, 6.45) is 6.80. The van der Waals surface area contributed by atoms with Crippen molar-refractivity contribution >= 4 is 29.2 Å². The van der Waals surface area contributed by atoms with Crippen molar-refractivity contribution in [1.82, 2.24) is 9.88 Å². The summed E-state index contributed by atoms with van der Waals surface area (Å²) in [4.78, 5) is 49.9. The molecule has 3 aliphatic heterocycles. The molecular formula is C34H24N4O4. The molecular weight excluding hydrogens is 528 g/mol. The number of aromatic nitrogens is 1. The first-order chi connectivity index (χ1) is 20.6. The average Bonchev–Trinajstić information content (AvgIpc) is 3.52. The number of carbonyl (C=O) groups excluding carboxylic acids is 3. The Morgan fingerprint density at radius 1 is 0.952 bits per heavy atom. The predicted molar refractivity (Wildman–Crippen MR) is 155 cm³/mol. The van der Waals surface area contributed by atoms with Crippen LogP contribution in [0.25, 0.3) is 6.08 Å². The van der Waals surface area contributed by atoms with E-state index >= 15 is 0 Å². The minimum atomic E-state index is -1.43. The Kier molecular flexibility index (Phi) is 5.94. The molecule has 3 aromatic carbocycles. The van der Waals surface area contributed by atoms with Gasteiger partial charge in [0, 0.05) is 29.8 Å². The summed E-state index contributed by atoms with van der Waals surface area (Å²) in [6.45, 7) is -0.242. The number of ether oxygens (including phenoxy) is 1. The summed E-state index contributed by atoms with van der Waals surface area (Å²) < 4.78 is 5.64. The number of anilines is 1. The second kappa shape index (κ2) is 9.82. The van der Waals surface area contributed by atoms with Gasteiger partial charge in [0.1, 0.15) is 23.3 Å². The highest BCUT2D eigenvalue weighted by Crippen LogP contribution is 2.62. The van der Waals surface area contributed by atoms with Gasteiger partial charge in [0.25, 0.3) is 0 Å². The van der Waals surface area contributed by atoms with Crippen molar-refractivity contribution in [3.05, 3.63) is 131 Å². The standard InChI is InChI=1S/C34H24N4O4/c35-16-20-42-27-12-6-3-9-24(27)31(40)29-28(30(39)22-13-17-36-18-14-22)34(25-10-4-5-11-26(25)37-33(34)41)32-23-8-2-1-7-21(23)15-19-38(29)32/h1-15,17-19,28-29,32H,20H2,(H,37,41)/t28-,29+,32+,34+/m0/s1. The van der Waals surface area contributed by atoms with Crippen LogP contribution in [0.3, 0.4) is 0 Å². The second-order valence-corrected chi connectivity index (χ2v) is 10.5. The number of Topliss-reactive ketones (excluding diaryl/α,β-unsaturated/α-hetero) is 2. The zero-order chi connectivity index (χ0) is 28.8. The molecule has 4 heterocycles. The molecule has 1 spiro atoms. The summed E-state index contributed by atoms with van der Waals surface area (Å²) in [7, 11) is 0. The summed E-state index contributed by atoms with van der Waals surface area (Å²) in [6, 6.07) is 25.3. The fourth-order valence-corrected chi connectivity index (χ4v) is 6.93. The number of carbonyl (C=O) groups is 3. The van der Waals surface area contributed by atoms with E-state index in [-0.39, 0.29) is 35.4 Å². The van der Waals surface area contributed by atoms with Crippen LogP contribution in [-0.2, 0) is 10.2 Å². The highest BCUT2D eigenvalue weighted by atomic mass is 16.5. The van der Waals surface area contributed by atoms with Crippen LogP contribution >= 0.6 is 0 Å². The number of rotatable bonds is 6. The van der Waals surface area contributed by atoms with Gasteiger partial charge >= 0.3 is 0 Å². The fraction of sp³-hybridized carbons (Fsp3) is 0.147. The lowest BCUT2D eigenvalue weighted by atomic mass is 9.62. The van der Waals surface area contributed by atoms with E-state index in [1.807, 2.05) is 71.8 Å². The maximum atomic E-state index is 14.8. The van der Waals surface area contributed by atoms with Crippen molar-refractivity contribution in [2.75, 3.05) is 11.9 Å². The molecule has 1 N–H and O–H groups in total. The zero-order valence-corrected chi connectivity index (χ0v) is 22.3. The number of nitrogens with zero attached hydrogens (tertiary/aromatic N) is 3. The molecule has 4 aromatic rings. The summed E-state index contributed by atoms with van der Waals surface area (Å²) in [5, 5.41) is 12.2. The van der Waals surface area contributed by atoms with Crippen molar-refractivity contribution in [3.8, 4) is 11.8 Å². The van der Waals surface area contributed by atoms with Crippen LogP contribution in [0, 0.1) is 17.2 Å². The molecule has 0 radical (unpaired) electrons. The Labute approximate surface area is 241 Å². The summed E-state index contributed by atoms with van der Waals surface area (Å²) in [5.41, 5.74) is 2.22. The number of hydrogen-bond acceptors (Lipinski definition) is 7. The molecule has 1 fully saturated rings. The quantitative estimate of drug-likeness (QED) is 0.336. The Hall–Kier alpha value is -5.55. The molecule has 1 saturated heterocycles. The molecule has 0 aliphatic carbocycles. The van der Waals surface area contributed by atoms with Crippen LogP contribution in [0.4, 0.5) is 5.69 Å². The van der Waals surface area contributed by atoms with E-state index in [0.717, 1.165) is 11.1 Å². The Balaban J connectivity index is 1.52. The predicted octanol–water partition coefficient (Wildman–Crippen LogP) is 4.97. The van der Waals surface area contributed by atoms with Crippen LogP contribution < -0.4 is 10.1 Å². The van der Waals surface area contributed by atoms with E-state index < -0.39 is 23.4 Å². The molecule has 3 aliphatic rings. The van der Waals surface area contributed by atoms with E-state index in [1.54, 1.807) is 36.4 Å². The average molecular weight is 553 g/mol. The minimum Gasteiger partial charge on any atom is -0.478 e. The third-order valence-corrected chi connectivity index (χ3v) is 8.53. The highest BCUT2D eigenvalue weighted by Gasteiger charge is 2.70. The molecule has 0 unspecified atom stereocenters. The summed E-state index contributed by atoms with van der Waals surface area (Å²) in [5.74, 6) is -1.91. The van der Waals surface area contributed by atoms with Crippen molar-refractivity contribution in [3.63, 3.8) is 0 Å². The SMILES string of the molecule is N#CCOc1ccccc1C(=O)[C@H]1[C@@H](C(=O)c2ccncc2)[C@@]2(C(=O)Nc3ccccc32)[C@H]2c3ccccc3C=CN12. The zero-order valence-electron chi connectivity index (χ0n) is 22.3. The van der Waals surface area contributed by atoms with Gasteiger partial charge in [0.05, 0.1) is 17.5 Å². The maximum Gasteiger partial charge on any atom is 0.238 e. The molecule has 42 heavy (non-hydrogen) atoms. The lowest BCUT2D eigenvalue weighted by molar-refractivity contribution is -0.122. The van der Waals surface area contributed by atoms with E-state index in [1.165, 1.54) is 12.4 Å². The topological polar surface area (TPSA) is 112 Å². The largest absolute Gasteiger partial charge is 0.478 e. The first-order valence-corrected chi connectivity index (χ1v) is 13.6. The third kappa shape index (κ3) is 3.53. The molecule has 204 valence electrons. The van der Waals surface area contributed by atoms with Crippen LogP contribution in [0.15, 0.2) is 104 Å². The van der Waals surface area contributed by atoms with Gasteiger partial charge in [-0.05, 0) is 53.1 Å². The maximum absolute atomic E-state index is 14.8. The second-order valence-electron chi connectivity index (χ2n) is 10.5. The number of hydrogen-bond donors (Lipinski definition) is 1. The van der Waals surface area contributed by atoms with Crippen LogP contribution in [0.1, 0.15) is 43.4 Å². The van der Waals surface area contributed by atoms with E-state index in [2.05, 4.69) is 10.3 Å². The lowest BCUT2D eigenvalue weighted by Gasteiger charge is -2.38. The molecule has 8 heteroatoms. The Bertz CT molecular complexity index is 1830. The first kappa shape index (κ1) is 25.4. The van der Waals surface area contributed by atoms with E-state index in [4.69, 9.17) is 10.00 Å². The van der Waals surface area contributed by atoms with Gasteiger partial charge in [-0.2, -0.15) is 5.26 Å². The first-order valence-electron chi connectivity index (χ1n) is 13.6. The Morgan fingerprint density at radius 3 is 2.52 bits per heavy atom. The number of fused-ring (bicyclic) bond motifs is 6. The van der Waals surface area contributed by atoms with Crippen molar-refractivity contribution in [1.29, 1.82) is 5.26 Å². The number of para-hydroxylation sites is 2. The Morgan fingerprint density at radius 2 is 1.69 bits per heavy atom. The number of nitrogens with one attached hydrogen (secondary N) is 1. The summed E-state index contributed by atoms with van der Waals surface area (Å²) >= 11 is 0. The molecule has 1 aromatic heterocycles. The van der Waals surface area contributed by atoms with E-state index in [0.29, 0.717) is 16.8 Å². The van der Waals surface area contributed by atoms with Crippen LogP contribution in [-0.4, -0.2) is 40.0 Å². The monoisotopic (exact) mass is 552 g/mol. The fourth-order valence-electron chi connectivity index (χ4n) is 6.93. The normalized spacial score (nSPS) is 23.0. The number of ketones is 2. The van der Waals surface area contributed by atoms with Crippen LogP contribution in [0.2, 0.25) is 0 Å². The van der Waals surface area contributed by atoms with Gasteiger partial charge in [-0.15, -0.1) is 0 Å². The van der Waals surface area contributed by atoms with Crippen molar-refractivity contribution < 1.29 is 19.1 Å². The van der Waals surface area contributed by atoms with Crippen LogP contribution in [0.5, 0.6) is 5.75 Å². The number of benzene rings is 3. The molecule has 8 nitrogen and oxygen atoms in total. The van der Waals surface area contributed by atoms with Gasteiger partial charge in [-0.1, -0.05) is 54.6 Å². The third-order valence-electron chi connectivity index (χ3n) is 8.53.